The van der Waals surface area contributed by atoms with Crippen LogP contribution in [0.15, 0.2) is 22.5 Å². The lowest BCUT2D eigenvalue weighted by molar-refractivity contribution is 0.411. The van der Waals surface area contributed by atoms with E-state index in [4.69, 9.17) is 4.74 Å². The highest BCUT2D eigenvalue weighted by Crippen LogP contribution is 2.29. The second kappa shape index (κ2) is 7.77. The molecule has 2 rings (SSSR count). The molecule has 4 nitrogen and oxygen atoms in total. The molecule has 0 saturated heterocycles. The maximum atomic E-state index is 5.45. The molecule has 21 heavy (non-hydrogen) atoms. The molecule has 0 bridgehead atoms. The molecule has 114 valence electrons. The zero-order valence-electron chi connectivity index (χ0n) is 12.8. The fourth-order valence-electron chi connectivity index (χ4n) is 1.85. The summed E-state index contributed by atoms with van der Waals surface area (Å²) >= 11 is 3.15. The highest BCUT2D eigenvalue weighted by Gasteiger charge is 2.08. The molecule has 0 radical (unpaired) electrons. The number of benzene rings is 1. The summed E-state index contributed by atoms with van der Waals surface area (Å²) in [5.41, 5.74) is 2.46. The van der Waals surface area contributed by atoms with Crippen molar-refractivity contribution in [3.8, 4) is 5.75 Å². The van der Waals surface area contributed by atoms with Crippen LogP contribution in [0.1, 0.15) is 30.8 Å². The highest BCUT2D eigenvalue weighted by atomic mass is 32.2. The van der Waals surface area contributed by atoms with Crippen LogP contribution in [0, 0.1) is 6.92 Å². The third-order valence-corrected chi connectivity index (χ3v) is 4.89. The smallest absolute Gasteiger partial charge is 0.170 e. The van der Waals surface area contributed by atoms with E-state index in [0.717, 1.165) is 28.2 Å². The van der Waals surface area contributed by atoms with Crippen molar-refractivity contribution in [2.45, 2.75) is 43.5 Å². The van der Waals surface area contributed by atoms with Gasteiger partial charge in [-0.2, -0.15) is 4.37 Å². The molecule has 1 aromatic heterocycles. The number of aryl methyl sites for hydroxylation is 1. The van der Waals surface area contributed by atoms with Gasteiger partial charge in [0.1, 0.15) is 11.6 Å². The van der Waals surface area contributed by atoms with Crippen LogP contribution in [-0.4, -0.2) is 22.5 Å². The minimum atomic E-state index is 0.481. The fraction of sp³-hybridized carbons (Fsp3) is 0.467. The summed E-state index contributed by atoms with van der Waals surface area (Å²) in [7, 11) is 1.71. The van der Waals surface area contributed by atoms with Crippen LogP contribution in [0.3, 0.4) is 0 Å². The Morgan fingerprint density at radius 1 is 1.38 bits per heavy atom. The minimum absolute atomic E-state index is 0.481. The summed E-state index contributed by atoms with van der Waals surface area (Å²) in [4.78, 5) is 4.38. The van der Waals surface area contributed by atoms with Crippen molar-refractivity contribution < 1.29 is 4.74 Å². The summed E-state index contributed by atoms with van der Waals surface area (Å²) in [6.45, 7) is 7.09. The van der Waals surface area contributed by atoms with Crippen LogP contribution in [0.25, 0.3) is 0 Å². The van der Waals surface area contributed by atoms with Crippen LogP contribution < -0.4 is 10.1 Å². The van der Waals surface area contributed by atoms with Crippen molar-refractivity contribution in [1.82, 2.24) is 14.7 Å². The molecule has 1 aromatic carbocycles. The second-order valence-corrected chi connectivity index (χ2v) is 7.05. The van der Waals surface area contributed by atoms with E-state index in [1.165, 1.54) is 22.7 Å². The van der Waals surface area contributed by atoms with Crippen molar-refractivity contribution in [3.05, 3.63) is 35.2 Å². The van der Waals surface area contributed by atoms with Gasteiger partial charge in [-0.25, -0.2) is 4.98 Å². The third-order valence-electron chi connectivity index (χ3n) is 2.92. The number of aromatic nitrogens is 2. The van der Waals surface area contributed by atoms with Crippen LogP contribution in [0.5, 0.6) is 5.75 Å². The van der Waals surface area contributed by atoms with E-state index >= 15 is 0 Å². The van der Waals surface area contributed by atoms with Gasteiger partial charge < -0.3 is 10.1 Å². The quantitative estimate of drug-likeness (QED) is 0.788. The Bertz CT molecular complexity index is 584. The monoisotopic (exact) mass is 323 g/mol. The van der Waals surface area contributed by atoms with Gasteiger partial charge in [0.25, 0.3) is 0 Å². The van der Waals surface area contributed by atoms with E-state index in [-0.39, 0.29) is 0 Å². The first kappa shape index (κ1) is 16.3. The first-order chi connectivity index (χ1) is 10.1. The van der Waals surface area contributed by atoms with Gasteiger partial charge in [-0.15, -0.1) is 0 Å². The van der Waals surface area contributed by atoms with Crippen molar-refractivity contribution in [3.63, 3.8) is 0 Å². The number of rotatable bonds is 7. The molecule has 0 amide bonds. The lowest BCUT2D eigenvalue weighted by atomic mass is 10.1. The molecule has 0 aliphatic rings. The summed E-state index contributed by atoms with van der Waals surface area (Å²) in [6, 6.07) is 6.83. The SMILES string of the molecule is COc1ccc(CNC(C)C)cc1CSc1nc(C)ns1. The summed E-state index contributed by atoms with van der Waals surface area (Å²) < 4.78 is 10.7. The van der Waals surface area contributed by atoms with Crippen LogP contribution >= 0.6 is 23.3 Å². The van der Waals surface area contributed by atoms with E-state index in [0.29, 0.717) is 6.04 Å². The zero-order valence-corrected chi connectivity index (χ0v) is 14.5. The van der Waals surface area contributed by atoms with E-state index in [1.807, 2.05) is 13.0 Å². The number of hydrogen-bond donors (Lipinski definition) is 1. The highest BCUT2D eigenvalue weighted by molar-refractivity contribution is 8.00. The fourth-order valence-corrected chi connectivity index (χ4v) is 3.48. The van der Waals surface area contributed by atoms with Crippen LogP contribution in [-0.2, 0) is 12.3 Å². The Kier molecular flexibility index (Phi) is 6.02. The Balaban J connectivity index is 2.06. The van der Waals surface area contributed by atoms with Gasteiger partial charge >= 0.3 is 0 Å². The van der Waals surface area contributed by atoms with Crippen molar-refractivity contribution >= 4 is 23.3 Å². The summed E-state index contributed by atoms with van der Waals surface area (Å²) in [5, 5.41) is 3.44. The van der Waals surface area contributed by atoms with Gasteiger partial charge in [0.15, 0.2) is 4.34 Å². The predicted octanol–water partition coefficient (Wildman–Crippen LogP) is 3.65. The lowest BCUT2D eigenvalue weighted by Gasteiger charge is -2.12. The maximum absolute atomic E-state index is 5.45. The van der Waals surface area contributed by atoms with Gasteiger partial charge in [0, 0.05) is 23.9 Å². The molecule has 0 saturated carbocycles. The average molecular weight is 323 g/mol. The first-order valence-corrected chi connectivity index (χ1v) is 8.66. The van der Waals surface area contributed by atoms with Crippen molar-refractivity contribution in [1.29, 1.82) is 0 Å². The molecule has 0 atom stereocenters. The molecule has 2 aromatic rings. The molecule has 0 aliphatic heterocycles. The molecule has 0 aliphatic carbocycles. The Morgan fingerprint density at radius 3 is 2.81 bits per heavy atom. The van der Waals surface area contributed by atoms with E-state index in [1.54, 1.807) is 18.9 Å². The van der Waals surface area contributed by atoms with E-state index in [2.05, 4.69) is 40.7 Å². The summed E-state index contributed by atoms with van der Waals surface area (Å²) in [5.74, 6) is 2.61. The number of thioether (sulfide) groups is 1. The number of hydrogen-bond acceptors (Lipinski definition) is 6. The standard InChI is InChI=1S/C15H21N3OS2/c1-10(2)16-8-12-5-6-14(19-4)13(7-12)9-20-15-17-11(3)18-21-15/h5-7,10,16H,8-9H2,1-4H3. The topological polar surface area (TPSA) is 47.0 Å². The predicted molar refractivity (Wildman–Crippen MR) is 89.2 cm³/mol. The van der Waals surface area contributed by atoms with Crippen molar-refractivity contribution in [2.75, 3.05) is 7.11 Å². The largest absolute Gasteiger partial charge is 0.496 e. The van der Waals surface area contributed by atoms with Crippen LogP contribution in [0.4, 0.5) is 0 Å². The number of methoxy groups -OCH3 is 1. The van der Waals surface area contributed by atoms with Gasteiger partial charge in [-0.05, 0) is 36.2 Å². The normalized spacial score (nSPS) is 11.1. The Morgan fingerprint density at radius 2 is 2.19 bits per heavy atom. The molecule has 0 fully saturated rings. The van der Waals surface area contributed by atoms with E-state index < -0.39 is 0 Å². The molecule has 6 heteroatoms. The zero-order chi connectivity index (χ0) is 15.2. The number of nitrogens with zero attached hydrogens (tertiary/aromatic N) is 2. The second-order valence-electron chi connectivity index (χ2n) is 5.08. The Hall–Kier alpha value is -1.11. The first-order valence-electron chi connectivity index (χ1n) is 6.90. The Labute approximate surface area is 134 Å². The molecule has 1 heterocycles. The third kappa shape index (κ3) is 4.98. The van der Waals surface area contributed by atoms with Gasteiger partial charge in [-0.3, -0.25) is 0 Å². The van der Waals surface area contributed by atoms with Gasteiger partial charge in [0.05, 0.1) is 7.11 Å². The maximum Gasteiger partial charge on any atom is 0.170 e. The number of ether oxygens (including phenoxy) is 1. The molecule has 1 N–H and O–H groups in total. The lowest BCUT2D eigenvalue weighted by Crippen LogP contribution is -2.21. The molecular weight excluding hydrogens is 302 g/mol. The molecule has 0 unspecified atom stereocenters. The average Bonchev–Trinajstić information content (AvgIpc) is 2.88. The summed E-state index contributed by atoms with van der Waals surface area (Å²) in [6.07, 6.45) is 0. The van der Waals surface area contributed by atoms with Crippen molar-refractivity contribution in [2.24, 2.45) is 0 Å². The number of nitrogens with one attached hydrogen (secondary N) is 1. The minimum Gasteiger partial charge on any atom is -0.496 e. The van der Waals surface area contributed by atoms with E-state index in [9.17, 15) is 0 Å². The van der Waals surface area contributed by atoms with Gasteiger partial charge in [0.2, 0.25) is 0 Å². The molecular formula is C15H21N3OS2. The van der Waals surface area contributed by atoms with Gasteiger partial charge in [-0.1, -0.05) is 31.7 Å². The molecule has 0 spiro atoms. The van der Waals surface area contributed by atoms with Crippen LogP contribution in [0.2, 0.25) is 0 Å².